The third-order valence-electron chi connectivity index (χ3n) is 3.45. The van der Waals surface area contributed by atoms with Crippen LogP contribution in [0.1, 0.15) is 26.7 Å². The Morgan fingerprint density at radius 2 is 1.52 bits per heavy atom. The number of hydrogen-bond acceptors (Lipinski definition) is 5. The van der Waals surface area contributed by atoms with Crippen molar-refractivity contribution in [1.82, 2.24) is 4.90 Å². The monoisotopic (exact) mass is 324 g/mol. The average molecular weight is 324 g/mol. The number of nitrogens with zero attached hydrogens (tertiary/aromatic N) is 1. The molecular formula is C17H28N2O4. The van der Waals surface area contributed by atoms with Gasteiger partial charge in [-0.2, -0.15) is 0 Å². The van der Waals surface area contributed by atoms with Gasteiger partial charge in [-0.15, -0.1) is 0 Å². The summed E-state index contributed by atoms with van der Waals surface area (Å²) >= 11 is 0. The standard InChI is InChI=1S/C17H28N2O4/c1-6-8-19(9-7-2)16(20)12-18-13-10-14(21-3)17(23-5)15(11-13)22-4/h10-11,18H,6-9,12H2,1-5H3. The zero-order valence-corrected chi connectivity index (χ0v) is 14.8. The van der Waals surface area contributed by atoms with Crippen molar-refractivity contribution in [2.45, 2.75) is 26.7 Å². The molecule has 0 saturated heterocycles. The van der Waals surface area contributed by atoms with Crippen LogP contribution in [0, 0.1) is 0 Å². The summed E-state index contributed by atoms with van der Waals surface area (Å²) in [6.07, 6.45) is 1.91. The first-order valence-corrected chi connectivity index (χ1v) is 7.92. The van der Waals surface area contributed by atoms with Gasteiger partial charge in [-0.3, -0.25) is 4.79 Å². The lowest BCUT2D eigenvalue weighted by Crippen LogP contribution is -2.36. The molecule has 1 aromatic carbocycles. The Balaban J connectivity index is 2.82. The quantitative estimate of drug-likeness (QED) is 0.717. The smallest absolute Gasteiger partial charge is 0.241 e. The maximum Gasteiger partial charge on any atom is 0.241 e. The molecule has 0 aliphatic rings. The van der Waals surface area contributed by atoms with E-state index in [0.717, 1.165) is 31.6 Å². The Labute approximate surface area is 138 Å². The zero-order chi connectivity index (χ0) is 17.2. The molecule has 0 aromatic heterocycles. The van der Waals surface area contributed by atoms with Gasteiger partial charge in [0.15, 0.2) is 11.5 Å². The molecule has 0 spiro atoms. The predicted octanol–water partition coefficient (Wildman–Crippen LogP) is 2.77. The van der Waals surface area contributed by atoms with Gasteiger partial charge in [-0.1, -0.05) is 13.8 Å². The van der Waals surface area contributed by atoms with Gasteiger partial charge in [0.05, 0.1) is 27.9 Å². The number of carbonyl (C=O) groups excluding carboxylic acids is 1. The summed E-state index contributed by atoms with van der Waals surface area (Å²) in [5, 5.41) is 3.14. The van der Waals surface area contributed by atoms with Gasteiger partial charge in [0.25, 0.3) is 0 Å². The molecule has 1 amide bonds. The number of nitrogens with one attached hydrogen (secondary N) is 1. The van der Waals surface area contributed by atoms with E-state index in [9.17, 15) is 4.79 Å². The highest BCUT2D eigenvalue weighted by molar-refractivity contribution is 5.81. The van der Waals surface area contributed by atoms with Gasteiger partial charge in [0.1, 0.15) is 0 Å². The third kappa shape index (κ3) is 5.23. The Bertz CT molecular complexity index is 474. The minimum atomic E-state index is 0.0856. The highest BCUT2D eigenvalue weighted by atomic mass is 16.5. The van der Waals surface area contributed by atoms with E-state index in [0.29, 0.717) is 17.2 Å². The number of rotatable bonds is 10. The number of benzene rings is 1. The van der Waals surface area contributed by atoms with E-state index in [1.54, 1.807) is 33.5 Å². The van der Waals surface area contributed by atoms with Crippen molar-refractivity contribution in [2.75, 3.05) is 46.3 Å². The molecule has 0 aliphatic carbocycles. The van der Waals surface area contributed by atoms with Gasteiger partial charge in [0.2, 0.25) is 11.7 Å². The van der Waals surface area contributed by atoms with Gasteiger partial charge in [-0.25, -0.2) is 0 Å². The molecule has 0 bridgehead atoms. The first kappa shape index (κ1) is 18.9. The van der Waals surface area contributed by atoms with Crippen LogP contribution in [0.25, 0.3) is 0 Å². The number of amides is 1. The fraction of sp³-hybridized carbons (Fsp3) is 0.588. The van der Waals surface area contributed by atoms with Gasteiger partial charge >= 0.3 is 0 Å². The second-order valence-corrected chi connectivity index (χ2v) is 5.15. The van der Waals surface area contributed by atoms with Crippen molar-refractivity contribution < 1.29 is 19.0 Å². The average Bonchev–Trinajstić information content (AvgIpc) is 2.58. The van der Waals surface area contributed by atoms with E-state index in [4.69, 9.17) is 14.2 Å². The molecule has 1 aromatic rings. The van der Waals surface area contributed by atoms with Crippen LogP contribution in [0.2, 0.25) is 0 Å². The Morgan fingerprint density at radius 1 is 1.00 bits per heavy atom. The van der Waals surface area contributed by atoms with Gasteiger partial charge in [-0.05, 0) is 12.8 Å². The van der Waals surface area contributed by atoms with Crippen LogP contribution in [0.3, 0.4) is 0 Å². The molecule has 6 heteroatoms. The van der Waals surface area contributed by atoms with E-state index in [1.165, 1.54) is 0 Å². The van der Waals surface area contributed by atoms with E-state index in [2.05, 4.69) is 19.2 Å². The largest absolute Gasteiger partial charge is 0.493 e. The van der Waals surface area contributed by atoms with Crippen molar-refractivity contribution in [1.29, 1.82) is 0 Å². The van der Waals surface area contributed by atoms with Crippen LogP contribution in [-0.4, -0.2) is 51.8 Å². The molecule has 23 heavy (non-hydrogen) atoms. The van der Waals surface area contributed by atoms with E-state index >= 15 is 0 Å². The third-order valence-corrected chi connectivity index (χ3v) is 3.45. The second-order valence-electron chi connectivity index (χ2n) is 5.15. The second kappa shape index (κ2) is 9.82. The fourth-order valence-electron chi connectivity index (χ4n) is 2.37. The minimum Gasteiger partial charge on any atom is -0.493 e. The maximum atomic E-state index is 12.3. The molecule has 0 fully saturated rings. The Hall–Kier alpha value is -2.11. The molecule has 0 radical (unpaired) electrons. The fourth-order valence-corrected chi connectivity index (χ4v) is 2.37. The molecule has 1 N–H and O–H groups in total. The molecule has 0 heterocycles. The first-order valence-electron chi connectivity index (χ1n) is 7.92. The molecule has 0 saturated carbocycles. The van der Waals surface area contributed by atoms with Gasteiger partial charge < -0.3 is 24.4 Å². The molecule has 0 aliphatic heterocycles. The van der Waals surface area contributed by atoms with Crippen LogP contribution < -0.4 is 19.5 Å². The number of methoxy groups -OCH3 is 3. The summed E-state index contributed by atoms with van der Waals surface area (Å²) in [5.41, 5.74) is 0.751. The summed E-state index contributed by atoms with van der Waals surface area (Å²) in [4.78, 5) is 14.2. The SMILES string of the molecule is CCCN(CCC)C(=O)CNc1cc(OC)c(OC)c(OC)c1. The normalized spacial score (nSPS) is 10.1. The van der Waals surface area contributed by atoms with Crippen molar-refractivity contribution in [3.8, 4) is 17.2 Å². The van der Waals surface area contributed by atoms with Crippen LogP contribution in [0.15, 0.2) is 12.1 Å². The summed E-state index contributed by atoms with van der Waals surface area (Å²) in [6, 6.07) is 3.58. The van der Waals surface area contributed by atoms with Crippen LogP contribution in [0.4, 0.5) is 5.69 Å². The lowest BCUT2D eigenvalue weighted by molar-refractivity contribution is -0.129. The van der Waals surface area contributed by atoms with Crippen molar-refractivity contribution >= 4 is 11.6 Å². The Morgan fingerprint density at radius 3 is 1.91 bits per heavy atom. The zero-order valence-electron chi connectivity index (χ0n) is 14.8. The molecule has 0 unspecified atom stereocenters. The number of ether oxygens (including phenoxy) is 3. The number of carbonyl (C=O) groups is 1. The molecule has 1 rings (SSSR count). The maximum absolute atomic E-state index is 12.3. The van der Waals surface area contributed by atoms with E-state index in [-0.39, 0.29) is 12.5 Å². The van der Waals surface area contributed by atoms with Crippen molar-refractivity contribution in [3.63, 3.8) is 0 Å². The van der Waals surface area contributed by atoms with Gasteiger partial charge in [0, 0.05) is 30.9 Å². The minimum absolute atomic E-state index is 0.0856. The summed E-state index contributed by atoms with van der Waals surface area (Å²) in [7, 11) is 4.69. The molecule has 6 nitrogen and oxygen atoms in total. The van der Waals surface area contributed by atoms with Crippen molar-refractivity contribution in [3.05, 3.63) is 12.1 Å². The molecular weight excluding hydrogens is 296 g/mol. The lowest BCUT2D eigenvalue weighted by Gasteiger charge is -2.22. The first-order chi connectivity index (χ1) is 11.1. The summed E-state index contributed by atoms with van der Waals surface area (Å²) < 4.78 is 15.9. The van der Waals surface area contributed by atoms with Crippen LogP contribution in [-0.2, 0) is 4.79 Å². The molecule has 130 valence electrons. The number of hydrogen-bond donors (Lipinski definition) is 1. The van der Waals surface area contributed by atoms with Crippen LogP contribution >= 0.6 is 0 Å². The number of anilines is 1. The summed E-state index contributed by atoms with van der Waals surface area (Å²) in [6.45, 7) is 5.94. The highest BCUT2D eigenvalue weighted by Gasteiger charge is 2.15. The Kier molecular flexibility index (Phi) is 8.08. The van der Waals surface area contributed by atoms with E-state index < -0.39 is 0 Å². The molecule has 0 atom stereocenters. The van der Waals surface area contributed by atoms with E-state index in [1.807, 2.05) is 4.90 Å². The topological polar surface area (TPSA) is 60.0 Å². The predicted molar refractivity (Wildman–Crippen MR) is 91.7 cm³/mol. The lowest BCUT2D eigenvalue weighted by atomic mass is 10.2. The van der Waals surface area contributed by atoms with Crippen molar-refractivity contribution in [2.24, 2.45) is 0 Å². The highest BCUT2D eigenvalue weighted by Crippen LogP contribution is 2.39. The van der Waals surface area contributed by atoms with Crippen LogP contribution in [0.5, 0.6) is 17.2 Å². The summed E-state index contributed by atoms with van der Waals surface area (Å²) in [5.74, 6) is 1.73.